The van der Waals surface area contributed by atoms with Crippen LogP contribution in [0.1, 0.15) is 27.2 Å². The molecule has 0 unspecified atom stereocenters. The fraction of sp³-hybridized carbons (Fsp3) is 0.211. The Bertz CT molecular complexity index is 908. The first-order chi connectivity index (χ1) is 11.8. The molecule has 0 radical (unpaired) electrons. The molecule has 0 aliphatic carbocycles. The smallest absolute Gasteiger partial charge is 0.110 e. The molecule has 0 spiro atoms. The summed E-state index contributed by atoms with van der Waals surface area (Å²) in [6, 6.07) is 13.0. The zero-order valence-corrected chi connectivity index (χ0v) is 15.1. The van der Waals surface area contributed by atoms with Crippen LogP contribution < -0.4 is 5.32 Å². The largest absolute Gasteiger partial charge is 0.357 e. The second-order valence-corrected chi connectivity index (χ2v) is 7.82. The molecule has 5 heteroatoms. The minimum atomic E-state index is 0.245. The number of fused-ring (bicyclic) bond motifs is 1. The van der Waals surface area contributed by atoms with Gasteiger partial charge in [-0.25, -0.2) is 4.98 Å². The summed E-state index contributed by atoms with van der Waals surface area (Å²) in [4.78, 5) is 9.46. The van der Waals surface area contributed by atoms with E-state index in [0.29, 0.717) is 0 Å². The van der Waals surface area contributed by atoms with Crippen molar-refractivity contribution in [2.24, 2.45) is 0 Å². The predicted octanol–water partition coefficient (Wildman–Crippen LogP) is 5.07. The van der Waals surface area contributed by atoms with Crippen molar-refractivity contribution < 1.29 is 0 Å². The molecular formula is C19H19N3S2. The summed E-state index contributed by atoms with van der Waals surface area (Å²) in [6.45, 7) is 3.00. The van der Waals surface area contributed by atoms with Crippen LogP contribution in [0.15, 0.2) is 53.4 Å². The second kappa shape index (κ2) is 6.89. The molecule has 122 valence electrons. The maximum Gasteiger partial charge on any atom is 0.110 e. The highest BCUT2D eigenvalue weighted by Gasteiger charge is 2.16. The molecule has 0 saturated heterocycles. The molecule has 3 nitrogen and oxygen atoms in total. The summed E-state index contributed by atoms with van der Waals surface area (Å²) in [5.41, 5.74) is 3.78. The molecular weight excluding hydrogens is 334 g/mol. The van der Waals surface area contributed by atoms with Crippen LogP contribution in [-0.4, -0.2) is 9.97 Å². The Hall–Kier alpha value is -1.95. The Labute approximate surface area is 149 Å². The van der Waals surface area contributed by atoms with Crippen molar-refractivity contribution in [3.63, 3.8) is 0 Å². The maximum atomic E-state index is 4.53. The number of aromatic nitrogens is 2. The highest BCUT2D eigenvalue weighted by molar-refractivity contribution is 7.10. The van der Waals surface area contributed by atoms with Gasteiger partial charge in [-0.05, 0) is 30.0 Å². The van der Waals surface area contributed by atoms with Gasteiger partial charge in [0.25, 0.3) is 0 Å². The number of hydrogen-bond donors (Lipinski definition) is 2. The van der Waals surface area contributed by atoms with Gasteiger partial charge in [0.2, 0.25) is 0 Å². The number of rotatable bonds is 6. The van der Waals surface area contributed by atoms with Crippen LogP contribution in [0.2, 0.25) is 0 Å². The summed E-state index contributed by atoms with van der Waals surface area (Å²) in [5, 5.41) is 10.3. The average molecular weight is 354 g/mol. The van der Waals surface area contributed by atoms with Gasteiger partial charge in [0.05, 0.1) is 6.04 Å². The molecule has 1 aromatic carbocycles. The molecule has 2 N–H and O–H groups in total. The van der Waals surface area contributed by atoms with Crippen molar-refractivity contribution >= 4 is 33.6 Å². The van der Waals surface area contributed by atoms with Crippen LogP contribution >= 0.6 is 22.7 Å². The minimum absolute atomic E-state index is 0.245. The molecule has 0 aliphatic rings. The number of H-pyrrole nitrogens is 1. The Morgan fingerprint density at radius 3 is 2.79 bits per heavy atom. The van der Waals surface area contributed by atoms with E-state index in [-0.39, 0.29) is 6.04 Å². The summed E-state index contributed by atoms with van der Waals surface area (Å²) in [6.07, 6.45) is 2.86. The van der Waals surface area contributed by atoms with Gasteiger partial charge in [-0.1, -0.05) is 24.3 Å². The number of para-hydroxylation sites is 1. The SMILES string of the molecule is Cc1c(CN[C@@H](Cc2cccs2)c2nccs2)[nH]c2ccccc12. The first-order valence-electron chi connectivity index (χ1n) is 8.02. The lowest BCUT2D eigenvalue weighted by Gasteiger charge is -2.16. The summed E-state index contributed by atoms with van der Waals surface area (Å²) < 4.78 is 0. The van der Waals surface area contributed by atoms with Crippen LogP contribution in [0.5, 0.6) is 0 Å². The van der Waals surface area contributed by atoms with E-state index in [1.54, 1.807) is 22.7 Å². The third-order valence-corrected chi connectivity index (χ3v) is 6.12. The number of hydrogen-bond acceptors (Lipinski definition) is 4. The highest BCUT2D eigenvalue weighted by atomic mass is 32.1. The molecule has 0 fully saturated rings. The number of thiophene rings is 1. The number of nitrogens with one attached hydrogen (secondary N) is 2. The molecule has 0 saturated carbocycles. The average Bonchev–Trinajstić information content (AvgIpc) is 3.34. The van der Waals surface area contributed by atoms with Gasteiger partial charge >= 0.3 is 0 Å². The van der Waals surface area contributed by atoms with E-state index >= 15 is 0 Å². The lowest BCUT2D eigenvalue weighted by atomic mass is 10.1. The Morgan fingerprint density at radius 1 is 1.12 bits per heavy atom. The zero-order chi connectivity index (χ0) is 16.4. The van der Waals surface area contributed by atoms with E-state index in [0.717, 1.165) is 18.0 Å². The monoisotopic (exact) mass is 353 g/mol. The molecule has 4 aromatic rings. The Morgan fingerprint density at radius 2 is 2.04 bits per heavy atom. The number of nitrogens with zero attached hydrogens (tertiary/aromatic N) is 1. The van der Waals surface area contributed by atoms with Crippen molar-refractivity contribution in [3.05, 3.63) is 74.5 Å². The zero-order valence-electron chi connectivity index (χ0n) is 13.5. The van der Waals surface area contributed by atoms with Gasteiger partial charge < -0.3 is 10.3 Å². The number of benzene rings is 1. The molecule has 24 heavy (non-hydrogen) atoms. The quantitative estimate of drug-likeness (QED) is 0.508. The maximum absolute atomic E-state index is 4.53. The standard InChI is InChI=1S/C19H19N3S2/c1-13-15-6-2-3-7-16(15)22-18(13)12-21-17(19-20-8-10-24-19)11-14-5-4-9-23-14/h2-10,17,21-22H,11-12H2,1H3/t17-/m0/s1. The highest BCUT2D eigenvalue weighted by Crippen LogP contribution is 2.25. The van der Waals surface area contributed by atoms with Gasteiger partial charge in [-0.2, -0.15) is 0 Å². The lowest BCUT2D eigenvalue weighted by Crippen LogP contribution is -2.23. The summed E-state index contributed by atoms with van der Waals surface area (Å²) >= 11 is 3.52. The summed E-state index contributed by atoms with van der Waals surface area (Å²) in [7, 11) is 0. The van der Waals surface area contributed by atoms with Gasteiger partial charge in [-0.3, -0.25) is 0 Å². The molecule has 0 amide bonds. The van der Waals surface area contributed by atoms with Crippen LogP contribution in [0.25, 0.3) is 10.9 Å². The molecule has 0 aliphatic heterocycles. The molecule has 4 rings (SSSR count). The van der Waals surface area contributed by atoms with Gasteiger partial charge in [0.15, 0.2) is 0 Å². The molecule has 0 bridgehead atoms. The number of aromatic amines is 1. The predicted molar refractivity (Wildman–Crippen MR) is 103 cm³/mol. The van der Waals surface area contributed by atoms with Crippen molar-refractivity contribution in [1.29, 1.82) is 0 Å². The molecule has 3 heterocycles. The van der Waals surface area contributed by atoms with Crippen LogP contribution in [0.3, 0.4) is 0 Å². The van der Waals surface area contributed by atoms with Crippen molar-refractivity contribution in [1.82, 2.24) is 15.3 Å². The fourth-order valence-corrected chi connectivity index (χ4v) is 4.49. The first-order valence-corrected chi connectivity index (χ1v) is 9.78. The number of aryl methyl sites for hydroxylation is 1. The Kier molecular flexibility index (Phi) is 4.47. The molecule has 3 aromatic heterocycles. The first kappa shape index (κ1) is 15.6. The third kappa shape index (κ3) is 3.15. The van der Waals surface area contributed by atoms with Crippen molar-refractivity contribution in [2.45, 2.75) is 25.9 Å². The fourth-order valence-electron chi connectivity index (χ4n) is 3.02. The van der Waals surface area contributed by atoms with Crippen LogP contribution in [0, 0.1) is 6.92 Å². The van der Waals surface area contributed by atoms with E-state index in [4.69, 9.17) is 0 Å². The second-order valence-electron chi connectivity index (χ2n) is 5.86. The van der Waals surface area contributed by atoms with E-state index in [1.807, 2.05) is 11.6 Å². The van der Waals surface area contributed by atoms with Crippen LogP contribution in [-0.2, 0) is 13.0 Å². The van der Waals surface area contributed by atoms with Crippen LogP contribution in [0.4, 0.5) is 0 Å². The Balaban J connectivity index is 1.55. The number of thiazole rings is 1. The van der Waals surface area contributed by atoms with Gasteiger partial charge in [0, 0.05) is 46.0 Å². The van der Waals surface area contributed by atoms with E-state index < -0.39 is 0 Å². The van der Waals surface area contributed by atoms with E-state index in [1.165, 1.54) is 27.0 Å². The normalized spacial score (nSPS) is 12.7. The van der Waals surface area contributed by atoms with Gasteiger partial charge in [0.1, 0.15) is 5.01 Å². The molecule has 1 atom stereocenters. The van der Waals surface area contributed by atoms with E-state index in [2.05, 4.69) is 64.0 Å². The van der Waals surface area contributed by atoms with Gasteiger partial charge in [-0.15, -0.1) is 22.7 Å². The topological polar surface area (TPSA) is 40.7 Å². The van der Waals surface area contributed by atoms with E-state index in [9.17, 15) is 0 Å². The lowest BCUT2D eigenvalue weighted by molar-refractivity contribution is 0.526. The third-order valence-electron chi connectivity index (χ3n) is 4.33. The summed E-state index contributed by atoms with van der Waals surface area (Å²) in [5.74, 6) is 0. The van der Waals surface area contributed by atoms with Crippen molar-refractivity contribution in [3.8, 4) is 0 Å². The van der Waals surface area contributed by atoms with Crippen molar-refractivity contribution in [2.75, 3.05) is 0 Å². The minimum Gasteiger partial charge on any atom is -0.357 e.